The van der Waals surface area contributed by atoms with Crippen LogP contribution in [0.15, 0.2) is 11.4 Å². The van der Waals surface area contributed by atoms with Gasteiger partial charge in [0.05, 0.1) is 5.92 Å². The van der Waals surface area contributed by atoms with E-state index in [-0.39, 0.29) is 17.7 Å². The first-order valence-corrected chi connectivity index (χ1v) is 7.78. The molecule has 20 heavy (non-hydrogen) atoms. The number of aliphatic carboxylic acids is 1. The Hall–Kier alpha value is -1.40. The van der Waals surface area contributed by atoms with Crippen LogP contribution in [0.1, 0.15) is 23.4 Å². The van der Waals surface area contributed by atoms with Crippen molar-refractivity contribution in [1.29, 1.82) is 0 Å². The van der Waals surface area contributed by atoms with Gasteiger partial charge in [-0.1, -0.05) is 6.92 Å². The zero-order valence-corrected chi connectivity index (χ0v) is 12.2. The van der Waals surface area contributed by atoms with Gasteiger partial charge in [-0.3, -0.25) is 4.79 Å². The summed E-state index contributed by atoms with van der Waals surface area (Å²) in [5, 5.41) is 14.6. The molecule has 5 nitrogen and oxygen atoms in total. The molecule has 1 fully saturated rings. The SMILES string of the molecule is CC1CNCC1C(=O)N1CCc2sccc2C1C(=O)O. The van der Waals surface area contributed by atoms with Crippen LogP contribution in [0.3, 0.4) is 0 Å². The van der Waals surface area contributed by atoms with Crippen molar-refractivity contribution in [3.63, 3.8) is 0 Å². The molecule has 3 rings (SSSR count). The van der Waals surface area contributed by atoms with E-state index in [0.717, 1.165) is 23.4 Å². The lowest BCUT2D eigenvalue weighted by molar-refractivity contribution is -0.153. The molecule has 3 heterocycles. The first-order chi connectivity index (χ1) is 9.59. The third-order valence-corrected chi connectivity index (χ3v) is 5.31. The molecule has 0 bridgehead atoms. The topological polar surface area (TPSA) is 69.6 Å². The van der Waals surface area contributed by atoms with Crippen molar-refractivity contribution in [3.8, 4) is 0 Å². The van der Waals surface area contributed by atoms with E-state index in [1.165, 1.54) is 0 Å². The second-order valence-corrected chi connectivity index (χ2v) is 6.56. The molecule has 0 aromatic carbocycles. The number of hydrogen-bond acceptors (Lipinski definition) is 4. The second kappa shape index (κ2) is 5.18. The largest absolute Gasteiger partial charge is 0.479 e. The molecule has 1 aromatic heterocycles. The van der Waals surface area contributed by atoms with E-state index in [1.807, 2.05) is 18.4 Å². The summed E-state index contributed by atoms with van der Waals surface area (Å²) < 4.78 is 0. The molecule has 2 aliphatic rings. The minimum absolute atomic E-state index is 0.0215. The number of carboxylic acid groups (broad SMARTS) is 1. The monoisotopic (exact) mass is 294 g/mol. The first kappa shape index (κ1) is 13.6. The maximum atomic E-state index is 12.7. The highest BCUT2D eigenvalue weighted by atomic mass is 32.1. The van der Waals surface area contributed by atoms with Gasteiger partial charge in [-0.05, 0) is 35.9 Å². The molecule has 3 atom stereocenters. The van der Waals surface area contributed by atoms with Crippen LogP contribution >= 0.6 is 11.3 Å². The van der Waals surface area contributed by atoms with Gasteiger partial charge in [-0.25, -0.2) is 4.79 Å². The van der Waals surface area contributed by atoms with Crippen molar-refractivity contribution in [3.05, 3.63) is 21.9 Å². The van der Waals surface area contributed by atoms with Gasteiger partial charge in [0, 0.05) is 18.0 Å². The van der Waals surface area contributed by atoms with Crippen molar-refractivity contribution >= 4 is 23.2 Å². The van der Waals surface area contributed by atoms with Crippen LogP contribution in [-0.4, -0.2) is 41.5 Å². The molecular formula is C14H18N2O3S. The number of nitrogens with zero attached hydrogens (tertiary/aromatic N) is 1. The summed E-state index contributed by atoms with van der Waals surface area (Å²) in [6.45, 7) is 4.02. The van der Waals surface area contributed by atoms with Crippen LogP contribution in [-0.2, 0) is 16.0 Å². The Kier molecular flexibility index (Phi) is 3.52. The molecule has 0 radical (unpaired) electrons. The van der Waals surface area contributed by atoms with Gasteiger partial charge >= 0.3 is 5.97 Å². The number of thiophene rings is 1. The van der Waals surface area contributed by atoms with Gasteiger partial charge in [-0.15, -0.1) is 11.3 Å². The van der Waals surface area contributed by atoms with Gasteiger partial charge < -0.3 is 15.3 Å². The lowest BCUT2D eigenvalue weighted by Crippen LogP contribution is -2.47. The first-order valence-electron chi connectivity index (χ1n) is 6.90. The number of hydrogen-bond donors (Lipinski definition) is 2. The van der Waals surface area contributed by atoms with Gasteiger partial charge in [0.2, 0.25) is 5.91 Å². The van der Waals surface area contributed by atoms with Crippen molar-refractivity contribution < 1.29 is 14.7 Å². The standard InChI is InChI=1S/C14H18N2O3S/c1-8-6-15-7-10(8)13(17)16-4-2-11-9(3-5-20-11)12(16)14(18)19/h3,5,8,10,12,15H,2,4,6-7H2,1H3,(H,18,19). The summed E-state index contributed by atoms with van der Waals surface area (Å²) in [5.41, 5.74) is 0.792. The predicted octanol–water partition coefficient (Wildman–Crippen LogP) is 1.11. The third-order valence-electron chi connectivity index (χ3n) is 4.32. The van der Waals surface area contributed by atoms with E-state index in [1.54, 1.807) is 16.2 Å². The van der Waals surface area contributed by atoms with Crippen molar-refractivity contribution in [2.24, 2.45) is 11.8 Å². The molecule has 6 heteroatoms. The van der Waals surface area contributed by atoms with Gasteiger partial charge in [0.15, 0.2) is 6.04 Å². The molecule has 0 spiro atoms. The highest BCUT2D eigenvalue weighted by Gasteiger charge is 2.41. The van der Waals surface area contributed by atoms with Crippen LogP contribution in [0.4, 0.5) is 0 Å². The Balaban J connectivity index is 1.89. The zero-order valence-electron chi connectivity index (χ0n) is 11.3. The van der Waals surface area contributed by atoms with Crippen LogP contribution in [0, 0.1) is 11.8 Å². The lowest BCUT2D eigenvalue weighted by atomic mass is 9.93. The summed E-state index contributed by atoms with van der Waals surface area (Å²) in [6.07, 6.45) is 0.761. The van der Waals surface area contributed by atoms with E-state index in [9.17, 15) is 14.7 Å². The maximum absolute atomic E-state index is 12.7. The average Bonchev–Trinajstić information content (AvgIpc) is 3.04. The summed E-state index contributed by atoms with van der Waals surface area (Å²) in [5.74, 6) is -0.791. The number of carbonyl (C=O) groups is 2. The predicted molar refractivity (Wildman–Crippen MR) is 75.6 cm³/mol. The highest BCUT2D eigenvalue weighted by Crippen LogP contribution is 2.35. The quantitative estimate of drug-likeness (QED) is 0.857. The summed E-state index contributed by atoms with van der Waals surface area (Å²) in [7, 11) is 0. The maximum Gasteiger partial charge on any atom is 0.331 e. The molecule has 3 unspecified atom stereocenters. The van der Waals surface area contributed by atoms with Crippen molar-refractivity contribution in [2.45, 2.75) is 19.4 Å². The number of carbonyl (C=O) groups excluding carboxylic acids is 1. The van der Waals surface area contributed by atoms with Gasteiger partial charge in [0.1, 0.15) is 0 Å². The Morgan fingerprint density at radius 2 is 2.25 bits per heavy atom. The number of amides is 1. The normalized spacial score (nSPS) is 29.2. The molecule has 2 N–H and O–H groups in total. The fraction of sp³-hybridized carbons (Fsp3) is 0.571. The molecule has 1 amide bonds. The third kappa shape index (κ3) is 2.13. The average molecular weight is 294 g/mol. The molecule has 2 aliphatic heterocycles. The van der Waals surface area contributed by atoms with Crippen LogP contribution in [0.25, 0.3) is 0 Å². The fourth-order valence-corrected chi connectivity index (χ4v) is 4.08. The van der Waals surface area contributed by atoms with E-state index in [0.29, 0.717) is 13.1 Å². The summed E-state index contributed by atoms with van der Waals surface area (Å²) >= 11 is 1.58. The number of rotatable bonds is 2. The van der Waals surface area contributed by atoms with Crippen LogP contribution in [0.2, 0.25) is 0 Å². The Morgan fingerprint density at radius 3 is 2.90 bits per heavy atom. The van der Waals surface area contributed by atoms with Crippen LogP contribution < -0.4 is 5.32 Å². The van der Waals surface area contributed by atoms with E-state index >= 15 is 0 Å². The molecular weight excluding hydrogens is 276 g/mol. The Bertz CT molecular complexity index is 542. The number of carboxylic acids is 1. The smallest absolute Gasteiger partial charge is 0.331 e. The van der Waals surface area contributed by atoms with Crippen molar-refractivity contribution in [2.75, 3.05) is 19.6 Å². The fourth-order valence-electron chi connectivity index (χ4n) is 3.17. The zero-order chi connectivity index (χ0) is 14.3. The highest BCUT2D eigenvalue weighted by molar-refractivity contribution is 7.10. The van der Waals surface area contributed by atoms with Crippen molar-refractivity contribution in [1.82, 2.24) is 10.2 Å². The van der Waals surface area contributed by atoms with E-state index in [2.05, 4.69) is 5.32 Å². The van der Waals surface area contributed by atoms with Gasteiger partial charge in [-0.2, -0.15) is 0 Å². The van der Waals surface area contributed by atoms with E-state index < -0.39 is 12.0 Å². The number of fused-ring (bicyclic) bond motifs is 1. The van der Waals surface area contributed by atoms with Gasteiger partial charge in [0.25, 0.3) is 0 Å². The summed E-state index contributed by atoms with van der Waals surface area (Å²) in [6, 6.07) is 1.03. The Labute approximate surface area is 121 Å². The number of nitrogens with one attached hydrogen (secondary N) is 1. The Morgan fingerprint density at radius 1 is 1.45 bits per heavy atom. The molecule has 1 aromatic rings. The molecule has 0 saturated carbocycles. The van der Waals surface area contributed by atoms with Crippen LogP contribution in [0.5, 0.6) is 0 Å². The molecule has 0 aliphatic carbocycles. The lowest BCUT2D eigenvalue weighted by Gasteiger charge is -2.35. The minimum atomic E-state index is -0.934. The minimum Gasteiger partial charge on any atom is -0.479 e. The second-order valence-electron chi connectivity index (χ2n) is 5.56. The molecule has 108 valence electrons. The van der Waals surface area contributed by atoms with E-state index in [4.69, 9.17) is 0 Å². The summed E-state index contributed by atoms with van der Waals surface area (Å²) in [4.78, 5) is 27.0. The molecule has 1 saturated heterocycles.